The van der Waals surface area contributed by atoms with Gasteiger partial charge in [0.1, 0.15) is 17.8 Å². The zero-order chi connectivity index (χ0) is 15.1. The number of ether oxygens (including phenoxy) is 1. The molecule has 0 saturated carbocycles. The molecule has 1 aliphatic heterocycles. The van der Waals surface area contributed by atoms with Crippen molar-refractivity contribution >= 4 is 0 Å². The highest BCUT2D eigenvalue weighted by atomic mass is 19.1. The molecule has 0 radical (unpaired) electrons. The van der Waals surface area contributed by atoms with Gasteiger partial charge in [0, 0.05) is 0 Å². The van der Waals surface area contributed by atoms with Gasteiger partial charge in [-0.05, 0) is 0 Å². The van der Waals surface area contributed by atoms with Crippen LogP contribution in [0.2, 0.25) is 0 Å². The predicted molar refractivity (Wildman–Crippen MR) is 60.3 cm³/mol. The molecule has 1 saturated heterocycles. The molecule has 2 rings (SSSR count). The molecule has 10 heteroatoms. The van der Waals surface area contributed by atoms with E-state index in [-0.39, 0.29) is 0 Å². The topological polar surface area (TPSA) is 145 Å². The number of aliphatic hydroxyl groups is 4. The number of halogens is 1. The van der Waals surface area contributed by atoms with Gasteiger partial charge in [-0.2, -0.15) is 4.39 Å². The molecular formula is C10H13FN2O7. The molecule has 0 bridgehead atoms. The molecule has 112 valence electrons. The van der Waals surface area contributed by atoms with Crippen molar-refractivity contribution in [2.75, 3.05) is 13.2 Å². The average Bonchev–Trinajstić information content (AvgIpc) is 2.68. The first-order valence-corrected chi connectivity index (χ1v) is 5.63. The molecule has 9 nitrogen and oxygen atoms in total. The first-order valence-electron chi connectivity index (χ1n) is 5.63. The molecule has 0 spiro atoms. The summed E-state index contributed by atoms with van der Waals surface area (Å²) < 4.78 is 18.8. The summed E-state index contributed by atoms with van der Waals surface area (Å²) in [4.78, 5) is 24.1. The van der Waals surface area contributed by atoms with E-state index in [2.05, 4.69) is 0 Å². The van der Waals surface area contributed by atoms with Crippen molar-refractivity contribution in [2.45, 2.75) is 24.0 Å². The molecule has 5 N–H and O–H groups in total. The lowest BCUT2D eigenvalue weighted by atomic mass is 9.97. The van der Waals surface area contributed by atoms with Gasteiger partial charge in [-0.25, -0.2) is 4.79 Å². The van der Waals surface area contributed by atoms with Gasteiger partial charge in [-0.15, -0.1) is 0 Å². The third-order valence-corrected chi connectivity index (χ3v) is 3.24. The van der Waals surface area contributed by atoms with Crippen molar-refractivity contribution in [2.24, 2.45) is 0 Å². The lowest BCUT2D eigenvalue weighted by molar-refractivity contribution is -0.150. The summed E-state index contributed by atoms with van der Waals surface area (Å²) in [6.45, 7) is -1.67. The molecule has 0 aliphatic carbocycles. The quantitative estimate of drug-likeness (QED) is 0.391. The minimum absolute atomic E-state index is 0.507. The monoisotopic (exact) mass is 292 g/mol. The van der Waals surface area contributed by atoms with Crippen LogP contribution in [0.3, 0.4) is 0 Å². The van der Waals surface area contributed by atoms with Crippen LogP contribution in [0.1, 0.15) is 6.23 Å². The number of hydrogen-bond donors (Lipinski definition) is 5. The van der Waals surface area contributed by atoms with Gasteiger partial charge < -0.3 is 25.2 Å². The van der Waals surface area contributed by atoms with Crippen molar-refractivity contribution in [3.05, 3.63) is 32.9 Å². The molecule has 3 atom stereocenters. The smallest absolute Gasteiger partial charge is 0.330 e. The number of aliphatic hydroxyl groups excluding tert-OH is 4. The second kappa shape index (κ2) is 5.07. The third-order valence-electron chi connectivity index (χ3n) is 3.24. The first-order chi connectivity index (χ1) is 9.36. The molecule has 1 aromatic heterocycles. The fourth-order valence-corrected chi connectivity index (χ4v) is 2.03. The van der Waals surface area contributed by atoms with Crippen LogP contribution in [-0.2, 0) is 4.74 Å². The molecule has 1 aromatic rings. The Morgan fingerprint density at radius 3 is 2.45 bits per heavy atom. The zero-order valence-corrected chi connectivity index (χ0v) is 10.1. The number of aromatic amines is 1. The van der Waals surface area contributed by atoms with Crippen LogP contribution in [0, 0.1) is 5.82 Å². The van der Waals surface area contributed by atoms with E-state index in [1.54, 1.807) is 4.98 Å². The highest BCUT2D eigenvalue weighted by Crippen LogP contribution is 2.35. The number of H-pyrrole nitrogens is 1. The van der Waals surface area contributed by atoms with Crippen molar-refractivity contribution in [3.63, 3.8) is 0 Å². The van der Waals surface area contributed by atoms with Gasteiger partial charge in [0.05, 0.1) is 19.4 Å². The Morgan fingerprint density at radius 2 is 1.95 bits per heavy atom. The van der Waals surface area contributed by atoms with Crippen molar-refractivity contribution in [1.82, 2.24) is 9.55 Å². The Balaban J connectivity index is 2.47. The number of nitrogens with one attached hydrogen (secondary N) is 1. The molecular weight excluding hydrogens is 279 g/mol. The molecule has 0 unspecified atom stereocenters. The van der Waals surface area contributed by atoms with E-state index in [4.69, 9.17) is 14.9 Å². The van der Waals surface area contributed by atoms with E-state index in [0.717, 1.165) is 0 Å². The van der Waals surface area contributed by atoms with E-state index >= 15 is 0 Å². The van der Waals surface area contributed by atoms with Crippen LogP contribution < -0.4 is 11.2 Å². The molecule has 2 heterocycles. The summed E-state index contributed by atoms with van der Waals surface area (Å²) in [5.41, 5.74) is -4.20. The Labute approximate surface area is 110 Å². The van der Waals surface area contributed by atoms with Crippen LogP contribution in [0.5, 0.6) is 0 Å². The summed E-state index contributed by atoms with van der Waals surface area (Å²) in [7, 11) is 0. The normalized spacial score (nSPS) is 28.8. The lowest BCUT2D eigenvalue weighted by Crippen LogP contribution is -2.49. The van der Waals surface area contributed by atoms with E-state index in [1.807, 2.05) is 0 Å². The van der Waals surface area contributed by atoms with Crippen LogP contribution in [0.25, 0.3) is 0 Å². The van der Waals surface area contributed by atoms with Crippen LogP contribution >= 0.6 is 0 Å². The summed E-state index contributed by atoms with van der Waals surface area (Å²) in [6.07, 6.45) is -4.48. The van der Waals surface area contributed by atoms with Crippen LogP contribution in [-0.4, -0.2) is 61.0 Å². The fourth-order valence-electron chi connectivity index (χ4n) is 2.03. The van der Waals surface area contributed by atoms with Gasteiger partial charge in [-0.3, -0.25) is 14.3 Å². The van der Waals surface area contributed by atoms with E-state index in [0.29, 0.717) is 10.8 Å². The maximum absolute atomic E-state index is 13.2. The minimum Gasteiger partial charge on any atom is -0.393 e. The first kappa shape index (κ1) is 14.8. The Bertz CT molecular complexity index is 608. The van der Waals surface area contributed by atoms with E-state index in [9.17, 15) is 24.2 Å². The molecule has 0 aromatic carbocycles. The highest BCUT2D eigenvalue weighted by molar-refractivity contribution is 5.02. The Morgan fingerprint density at radius 1 is 1.35 bits per heavy atom. The fraction of sp³-hybridized carbons (Fsp3) is 0.600. The largest absolute Gasteiger partial charge is 0.393 e. The number of nitrogens with zero attached hydrogens (tertiary/aromatic N) is 1. The maximum Gasteiger partial charge on any atom is 0.330 e. The van der Waals surface area contributed by atoms with Gasteiger partial charge in [0.15, 0.2) is 6.23 Å². The second-order valence-corrected chi connectivity index (χ2v) is 4.47. The lowest BCUT2D eigenvalue weighted by Gasteiger charge is -2.27. The maximum atomic E-state index is 13.2. The summed E-state index contributed by atoms with van der Waals surface area (Å²) in [6, 6.07) is 0. The highest BCUT2D eigenvalue weighted by Gasteiger charge is 2.54. The second-order valence-electron chi connectivity index (χ2n) is 4.47. The van der Waals surface area contributed by atoms with E-state index < -0.39 is 54.3 Å². The molecule has 1 fully saturated rings. The summed E-state index contributed by atoms with van der Waals surface area (Å²) in [5, 5.41) is 37.9. The zero-order valence-electron chi connectivity index (χ0n) is 10.1. The predicted octanol–water partition coefficient (Wildman–Crippen LogP) is -3.35. The average molecular weight is 292 g/mol. The van der Waals surface area contributed by atoms with E-state index in [1.165, 1.54) is 0 Å². The van der Waals surface area contributed by atoms with Gasteiger partial charge in [0.2, 0.25) is 5.82 Å². The van der Waals surface area contributed by atoms with Crippen molar-refractivity contribution in [3.8, 4) is 0 Å². The third kappa shape index (κ3) is 2.07. The minimum atomic E-state index is -1.89. The standard InChI is InChI=1S/C10H13FN2O7/c11-4-1-13(9(19)12-7(4)18)8-5(16)6(17)10(2-14,3-15)20-8/h1,5-6,8,14-17H,2-3H2,(H,12,18,19)/t5-,6-,8+/m0/s1. The SMILES string of the molecule is O=c1[nH]c(=O)n([C@@H]2OC(CO)(CO)[C@@H](O)[C@@H]2O)cc1F. The molecule has 0 amide bonds. The van der Waals surface area contributed by atoms with Crippen molar-refractivity contribution in [1.29, 1.82) is 0 Å². The molecule has 20 heavy (non-hydrogen) atoms. The number of aromatic nitrogens is 2. The number of hydrogen-bond acceptors (Lipinski definition) is 7. The Kier molecular flexibility index (Phi) is 3.75. The number of rotatable bonds is 3. The van der Waals surface area contributed by atoms with Gasteiger partial charge >= 0.3 is 5.69 Å². The van der Waals surface area contributed by atoms with Crippen LogP contribution in [0.15, 0.2) is 15.8 Å². The van der Waals surface area contributed by atoms with Gasteiger partial charge in [-0.1, -0.05) is 0 Å². The summed E-state index contributed by atoms with van der Waals surface area (Å²) >= 11 is 0. The van der Waals surface area contributed by atoms with Crippen molar-refractivity contribution < 1.29 is 29.6 Å². The summed E-state index contributed by atoms with van der Waals surface area (Å²) in [5.74, 6) is -1.29. The van der Waals surface area contributed by atoms with Crippen LogP contribution in [0.4, 0.5) is 4.39 Å². The Hall–Kier alpha value is -1.59. The van der Waals surface area contributed by atoms with Gasteiger partial charge in [0.25, 0.3) is 5.56 Å². The molecule has 1 aliphatic rings.